The van der Waals surface area contributed by atoms with Crippen molar-refractivity contribution in [3.05, 3.63) is 45.7 Å². The molecule has 0 atom stereocenters. The Morgan fingerprint density at radius 3 is 2.94 bits per heavy atom. The van der Waals surface area contributed by atoms with Gasteiger partial charge in [0.05, 0.1) is 4.21 Å². The minimum Gasteiger partial charge on any atom is -0.310 e. The molecule has 1 N–H and O–H groups in total. The third-order valence-electron chi connectivity index (χ3n) is 2.89. The van der Waals surface area contributed by atoms with Crippen molar-refractivity contribution in [1.82, 2.24) is 5.32 Å². The molecule has 1 aliphatic rings. The number of halogens is 1. The van der Waals surface area contributed by atoms with E-state index in [-0.39, 0.29) is 0 Å². The Bertz CT molecular complexity index is 521. The standard InChI is InChI=1S/C14H14BrNS2/c15-11-4-3-10(9-16-12-5-6-12)13(8-11)18-14-2-1-7-17-14/h1-4,7-8,12,16H,5-6,9H2. The molecule has 18 heavy (non-hydrogen) atoms. The molecule has 0 saturated heterocycles. The molecule has 0 bridgehead atoms. The third kappa shape index (κ3) is 3.38. The molecule has 0 amide bonds. The highest BCUT2D eigenvalue weighted by molar-refractivity contribution is 9.10. The van der Waals surface area contributed by atoms with Crippen LogP contribution in [0.15, 0.2) is 49.3 Å². The maximum atomic E-state index is 3.59. The van der Waals surface area contributed by atoms with Gasteiger partial charge in [-0.1, -0.05) is 39.8 Å². The largest absolute Gasteiger partial charge is 0.310 e. The van der Waals surface area contributed by atoms with Gasteiger partial charge in [-0.3, -0.25) is 0 Å². The summed E-state index contributed by atoms with van der Waals surface area (Å²) in [4.78, 5) is 1.35. The van der Waals surface area contributed by atoms with Gasteiger partial charge in [-0.2, -0.15) is 0 Å². The van der Waals surface area contributed by atoms with Crippen LogP contribution in [0.1, 0.15) is 18.4 Å². The lowest BCUT2D eigenvalue weighted by Crippen LogP contribution is -2.15. The highest BCUT2D eigenvalue weighted by Gasteiger charge is 2.20. The normalized spacial score (nSPS) is 14.9. The minimum atomic E-state index is 0.758. The summed E-state index contributed by atoms with van der Waals surface area (Å²) in [6.07, 6.45) is 2.67. The van der Waals surface area contributed by atoms with Gasteiger partial charge in [0.1, 0.15) is 0 Å². The van der Waals surface area contributed by atoms with Gasteiger partial charge in [-0.15, -0.1) is 11.3 Å². The van der Waals surface area contributed by atoms with Crippen molar-refractivity contribution in [3.8, 4) is 0 Å². The molecule has 1 aliphatic carbocycles. The molecule has 94 valence electrons. The Kier molecular flexibility index (Phi) is 4.09. The van der Waals surface area contributed by atoms with Gasteiger partial charge < -0.3 is 5.32 Å². The maximum absolute atomic E-state index is 3.59. The van der Waals surface area contributed by atoms with E-state index >= 15 is 0 Å². The Labute approximate surface area is 124 Å². The first-order chi connectivity index (χ1) is 8.81. The van der Waals surface area contributed by atoms with Crippen LogP contribution < -0.4 is 5.32 Å². The van der Waals surface area contributed by atoms with E-state index in [0.29, 0.717) is 0 Å². The molecule has 1 aromatic carbocycles. The summed E-state index contributed by atoms with van der Waals surface area (Å²) in [5.74, 6) is 0. The van der Waals surface area contributed by atoms with E-state index in [2.05, 4.69) is 57.0 Å². The molecule has 0 spiro atoms. The lowest BCUT2D eigenvalue weighted by molar-refractivity contribution is 0.680. The first kappa shape index (κ1) is 12.7. The fourth-order valence-corrected chi connectivity index (χ4v) is 4.15. The summed E-state index contributed by atoms with van der Waals surface area (Å²) in [6.45, 7) is 0.978. The fraction of sp³-hybridized carbons (Fsp3) is 0.286. The smallest absolute Gasteiger partial charge is 0.0646 e. The SMILES string of the molecule is Brc1ccc(CNC2CC2)c(Sc2cccs2)c1. The third-order valence-corrected chi connectivity index (χ3v) is 5.52. The maximum Gasteiger partial charge on any atom is 0.0646 e. The van der Waals surface area contributed by atoms with Crippen molar-refractivity contribution in [3.63, 3.8) is 0 Å². The average molecular weight is 340 g/mol. The van der Waals surface area contributed by atoms with Gasteiger partial charge in [-0.25, -0.2) is 0 Å². The number of hydrogen-bond donors (Lipinski definition) is 1. The first-order valence-electron chi connectivity index (χ1n) is 6.04. The number of rotatable bonds is 5. The molecule has 1 saturated carbocycles. The minimum absolute atomic E-state index is 0.758. The van der Waals surface area contributed by atoms with Gasteiger partial charge in [-0.05, 0) is 42.0 Å². The van der Waals surface area contributed by atoms with Crippen LogP contribution in [0.25, 0.3) is 0 Å². The predicted octanol–water partition coefficient (Wildman–Crippen LogP) is 4.91. The second kappa shape index (κ2) is 5.78. The van der Waals surface area contributed by atoms with Crippen LogP contribution in [0.5, 0.6) is 0 Å². The predicted molar refractivity (Wildman–Crippen MR) is 82.4 cm³/mol. The van der Waals surface area contributed by atoms with Crippen LogP contribution in [0.2, 0.25) is 0 Å². The van der Waals surface area contributed by atoms with Crippen molar-refractivity contribution >= 4 is 39.0 Å². The fourth-order valence-electron chi connectivity index (χ4n) is 1.74. The van der Waals surface area contributed by atoms with Crippen molar-refractivity contribution in [2.24, 2.45) is 0 Å². The molecular formula is C14H14BrNS2. The van der Waals surface area contributed by atoms with Gasteiger partial charge in [0.15, 0.2) is 0 Å². The molecule has 0 unspecified atom stereocenters. The highest BCUT2D eigenvalue weighted by atomic mass is 79.9. The van der Waals surface area contributed by atoms with Crippen LogP contribution >= 0.6 is 39.0 Å². The molecule has 1 aromatic heterocycles. The zero-order chi connectivity index (χ0) is 12.4. The molecule has 3 rings (SSSR count). The Morgan fingerprint density at radius 2 is 2.22 bits per heavy atom. The quantitative estimate of drug-likeness (QED) is 0.830. The molecule has 1 nitrogen and oxygen atoms in total. The van der Waals surface area contributed by atoms with Crippen LogP contribution in [-0.2, 0) is 6.54 Å². The monoisotopic (exact) mass is 339 g/mol. The number of hydrogen-bond acceptors (Lipinski definition) is 3. The lowest BCUT2D eigenvalue weighted by Gasteiger charge is -2.09. The number of thiophene rings is 1. The molecular weight excluding hydrogens is 326 g/mol. The Morgan fingerprint density at radius 1 is 1.33 bits per heavy atom. The van der Waals surface area contributed by atoms with Crippen molar-refractivity contribution in [2.75, 3.05) is 0 Å². The van der Waals surface area contributed by atoms with E-state index in [1.165, 1.54) is 27.5 Å². The lowest BCUT2D eigenvalue weighted by atomic mass is 10.2. The van der Waals surface area contributed by atoms with Gasteiger partial charge in [0, 0.05) is 22.0 Å². The van der Waals surface area contributed by atoms with Gasteiger partial charge in [0.2, 0.25) is 0 Å². The number of benzene rings is 1. The Hall–Kier alpha value is -0.290. The second-order valence-corrected chi connectivity index (χ2v) is 7.65. The summed E-state index contributed by atoms with van der Waals surface area (Å²) in [7, 11) is 0. The van der Waals surface area contributed by atoms with Crippen molar-refractivity contribution < 1.29 is 0 Å². The van der Waals surface area contributed by atoms with E-state index in [9.17, 15) is 0 Å². The molecule has 0 aliphatic heterocycles. The van der Waals surface area contributed by atoms with Crippen LogP contribution in [0.3, 0.4) is 0 Å². The summed E-state index contributed by atoms with van der Waals surface area (Å²) in [5, 5.41) is 5.71. The molecule has 1 heterocycles. The summed E-state index contributed by atoms with van der Waals surface area (Å²) in [6, 6.07) is 11.6. The zero-order valence-electron chi connectivity index (χ0n) is 9.86. The van der Waals surface area contributed by atoms with E-state index in [1.807, 2.05) is 11.8 Å². The van der Waals surface area contributed by atoms with E-state index in [4.69, 9.17) is 0 Å². The summed E-state index contributed by atoms with van der Waals surface area (Å²) in [5.41, 5.74) is 1.39. The number of nitrogens with one attached hydrogen (secondary N) is 1. The molecule has 2 aromatic rings. The summed E-state index contributed by atoms with van der Waals surface area (Å²) >= 11 is 7.21. The first-order valence-corrected chi connectivity index (χ1v) is 8.53. The topological polar surface area (TPSA) is 12.0 Å². The average Bonchev–Trinajstić information content (AvgIpc) is 3.05. The highest BCUT2D eigenvalue weighted by Crippen LogP contribution is 2.35. The van der Waals surface area contributed by atoms with Crippen LogP contribution in [-0.4, -0.2) is 6.04 Å². The van der Waals surface area contributed by atoms with Crippen molar-refractivity contribution in [1.29, 1.82) is 0 Å². The van der Waals surface area contributed by atoms with Crippen molar-refractivity contribution in [2.45, 2.75) is 34.5 Å². The van der Waals surface area contributed by atoms with Crippen LogP contribution in [0.4, 0.5) is 0 Å². The Balaban J connectivity index is 1.78. The molecule has 0 radical (unpaired) electrons. The molecule has 4 heteroatoms. The van der Waals surface area contributed by atoms with E-state index in [1.54, 1.807) is 11.3 Å². The van der Waals surface area contributed by atoms with E-state index in [0.717, 1.165) is 17.1 Å². The van der Waals surface area contributed by atoms with Gasteiger partial charge in [0.25, 0.3) is 0 Å². The molecule has 1 fully saturated rings. The second-order valence-electron chi connectivity index (χ2n) is 4.44. The van der Waals surface area contributed by atoms with Crippen LogP contribution in [0, 0.1) is 0 Å². The zero-order valence-corrected chi connectivity index (χ0v) is 13.1. The summed E-state index contributed by atoms with van der Waals surface area (Å²) < 4.78 is 2.50. The van der Waals surface area contributed by atoms with Gasteiger partial charge >= 0.3 is 0 Å². The van der Waals surface area contributed by atoms with E-state index < -0.39 is 0 Å².